The number of carbonyl (C=O) groups excluding carboxylic acids is 2. The Kier molecular flexibility index (Phi) is 3.01. The number of morpholine rings is 1. The molecule has 2 bridgehead atoms. The highest BCUT2D eigenvalue weighted by molar-refractivity contribution is 5.87. The van der Waals surface area contributed by atoms with E-state index in [2.05, 4.69) is 0 Å². The fraction of sp³-hybridized carbons (Fsp3) is 0.833. The smallest absolute Gasteiger partial charge is 0.411 e. The molecule has 0 aliphatic carbocycles. The highest BCUT2D eigenvalue weighted by atomic mass is 16.6. The quantitative estimate of drug-likeness (QED) is 0.654. The summed E-state index contributed by atoms with van der Waals surface area (Å²) in [5, 5.41) is 0. The van der Waals surface area contributed by atoms with Crippen LogP contribution in [0.2, 0.25) is 0 Å². The fourth-order valence-corrected chi connectivity index (χ4v) is 2.44. The summed E-state index contributed by atoms with van der Waals surface area (Å²) in [7, 11) is 1.32. The second-order valence-electron chi connectivity index (χ2n) is 5.75. The first-order chi connectivity index (χ1) is 8.28. The van der Waals surface area contributed by atoms with Gasteiger partial charge >= 0.3 is 12.1 Å². The number of esters is 1. The summed E-state index contributed by atoms with van der Waals surface area (Å²) in [5.41, 5.74) is -1.58. The standard InChI is InChI=1S/C12H19NO5/c1-11(2,3)18-10(15)13-6-8-5-12(13,7-17-8)9(14)16-4/h8H,5-7H2,1-4H3. The summed E-state index contributed by atoms with van der Waals surface area (Å²) in [5.74, 6) is -0.437. The number of methoxy groups -OCH3 is 1. The molecular formula is C12H19NO5. The van der Waals surface area contributed by atoms with Crippen LogP contribution in [0.1, 0.15) is 27.2 Å². The maximum absolute atomic E-state index is 12.1. The molecule has 2 rings (SSSR count). The van der Waals surface area contributed by atoms with Crippen molar-refractivity contribution in [3.05, 3.63) is 0 Å². The lowest BCUT2D eigenvalue weighted by Crippen LogP contribution is -2.57. The Morgan fingerprint density at radius 2 is 2.06 bits per heavy atom. The molecule has 0 aromatic heterocycles. The summed E-state index contributed by atoms with van der Waals surface area (Å²) in [6, 6.07) is 0. The predicted molar refractivity (Wildman–Crippen MR) is 62.0 cm³/mol. The van der Waals surface area contributed by atoms with Crippen LogP contribution in [0.5, 0.6) is 0 Å². The second kappa shape index (κ2) is 4.12. The fourth-order valence-electron chi connectivity index (χ4n) is 2.44. The van der Waals surface area contributed by atoms with Crippen LogP contribution in [0, 0.1) is 0 Å². The third-order valence-corrected chi connectivity index (χ3v) is 3.21. The average Bonchev–Trinajstić information content (AvgIpc) is 2.84. The molecule has 2 aliphatic rings. The number of rotatable bonds is 1. The van der Waals surface area contributed by atoms with E-state index in [0.717, 1.165) is 0 Å². The van der Waals surface area contributed by atoms with Crippen LogP contribution >= 0.6 is 0 Å². The summed E-state index contributed by atoms with van der Waals surface area (Å²) in [4.78, 5) is 25.5. The van der Waals surface area contributed by atoms with Gasteiger partial charge in [0.25, 0.3) is 0 Å². The molecule has 2 atom stereocenters. The van der Waals surface area contributed by atoms with Gasteiger partial charge in [0.05, 0.1) is 26.4 Å². The van der Waals surface area contributed by atoms with Crippen LogP contribution in [-0.4, -0.2) is 54.5 Å². The van der Waals surface area contributed by atoms with E-state index < -0.39 is 23.2 Å². The number of hydrogen-bond acceptors (Lipinski definition) is 5. The van der Waals surface area contributed by atoms with E-state index in [1.54, 1.807) is 20.8 Å². The maximum Gasteiger partial charge on any atom is 0.411 e. The molecule has 2 saturated heterocycles. The molecule has 0 saturated carbocycles. The van der Waals surface area contributed by atoms with Crippen molar-refractivity contribution in [3.8, 4) is 0 Å². The van der Waals surface area contributed by atoms with Gasteiger partial charge in [0, 0.05) is 6.42 Å². The molecule has 0 aromatic carbocycles. The largest absolute Gasteiger partial charge is 0.467 e. The van der Waals surface area contributed by atoms with Gasteiger partial charge in [0.15, 0.2) is 5.54 Å². The number of fused-ring (bicyclic) bond motifs is 2. The Morgan fingerprint density at radius 1 is 1.39 bits per heavy atom. The van der Waals surface area contributed by atoms with E-state index >= 15 is 0 Å². The number of hydrogen-bond donors (Lipinski definition) is 0. The number of nitrogens with zero attached hydrogens (tertiary/aromatic N) is 1. The van der Waals surface area contributed by atoms with Crippen molar-refractivity contribution in [2.24, 2.45) is 0 Å². The Labute approximate surface area is 106 Å². The molecule has 0 radical (unpaired) electrons. The minimum Gasteiger partial charge on any atom is -0.467 e. The highest BCUT2D eigenvalue weighted by Gasteiger charge is 2.60. The summed E-state index contributed by atoms with van der Waals surface area (Å²) in [6.07, 6.45) is -0.103. The van der Waals surface area contributed by atoms with Crippen LogP contribution < -0.4 is 0 Å². The number of likely N-dealkylation sites (tertiary alicyclic amines) is 1. The summed E-state index contributed by atoms with van der Waals surface area (Å²) in [6.45, 7) is 5.94. The zero-order valence-corrected chi connectivity index (χ0v) is 11.2. The minimum absolute atomic E-state index is 0.100. The Bertz CT molecular complexity index is 375. The molecule has 2 aliphatic heterocycles. The molecule has 2 fully saturated rings. The lowest BCUT2D eigenvalue weighted by atomic mass is 9.99. The maximum atomic E-state index is 12.1. The normalized spacial score (nSPS) is 30.4. The van der Waals surface area contributed by atoms with Crippen molar-refractivity contribution < 1.29 is 23.8 Å². The van der Waals surface area contributed by atoms with Gasteiger partial charge in [-0.15, -0.1) is 0 Å². The highest BCUT2D eigenvalue weighted by Crippen LogP contribution is 2.39. The van der Waals surface area contributed by atoms with Crippen molar-refractivity contribution in [3.63, 3.8) is 0 Å². The number of amides is 1. The van der Waals surface area contributed by atoms with Gasteiger partial charge < -0.3 is 14.2 Å². The van der Waals surface area contributed by atoms with Gasteiger partial charge in [0.1, 0.15) is 5.60 Å². The predicted octanol–water partition coefficient (Wildman–Crippen LogP) is 0.938. The van der Waals surface area contributed by atoms with Crippen LogP contribution in [0.4, 0.5) is 4.79 Å². The molecule has 0 N–H and O–H groups in total. The lowest BCUT2D eigenvalue weighted by Gasteiger charge is -2.36. The van der Waals surface area contributed by atoms with Gasteiger partial charge in [-0.05, 0) is 20.8 Å². The number of carbonyl (C=O) groups is 2. The van der Waals surface area contributed by atoms with Crippen molar-refractivity contribution in [1.29, 1.82) is 0 Å². The van der Waals surface area contributed by atoms with E-state index in [4.69, 9.17) is 14.2 Å². The molecule has 102 valence electrons. The lowest BCUT2D eigenvalue weighted by molar-refractivity contribution is -0.156. The van der Waals surface area contributed by atoms with Crippen LogP contribution in [-0.2, 0) is 19.0 Å². The van der Waals surface area contributed by atoms with Gasteiger partial charge in [-0.1, -0.05) is 0 Å². The molecular weight excluding hydrogens is 238 g/mol. The van der Waals surface area contributed by atoms with E-state index in [1.807, 2.05) is 0 Å². The zero-order chi connectivity index (χ0) is 13.6. The van der Waals surface area contributed by atoms with Crippen LogP contribution in [0.25, 0.3) is 0 Å². The van der Waals surface area contributed by atoms with Crippen LogP contribution in [0.3, 0.4) is 0 Å². The van der Waals surface area contributed by atoms with E-state index in [0.29, 0.717) is 13.0 Å². The number of ether oxygens (including phenoxy) is 3. The van der Waals surface area contributed by atoms with Crippen molar-refractivity contribution >= 4 is 12.1 Å². The Balaban J connectivity index is 2.18. The first kappa shape index (κ1) is 13.1. The minimum atomic E-state index is -0.998. The Hall–Kier alpha value is -1.30. The van der Waals surface area contributed by atoms with E-state index in [1.165, 1.54) is 12.0 Å². The van der Waals surface area contributed by atoms with Gasteiger partial charge in [-0.25, -0.2) is 9.59 Å². The monoisotopic (exact) mass is 257 g/mol. The molecule has 0 spiro atoms. The van der Waals surface area contributed by atoms with Gasteiger partial charge in [-0.3, -0.25) is 4.90 Å². The van der Waals surface area contributed by atoms with Gasteiger partial charge in [0.2, 0.25) is 0 Å². The summed E-state index contributed by atoms with van der Waals surface area (Å²) < 4.78 is 15.6. The molecule has 6 nitrogen and oxygen atoms in total. The third kappa shape index (κ3) is 2.05. The van der Waals surface area contributed by atoms with E-state index in [9.17, 15) is 9.59 Å². The first-order valence-electron chi connectivity index (χ1n) is 5.99. The van der Waals surface area contributed by atoms with Gasteiger partial charge in [-0.2, -0.15) is 0 Å². The third-order valence-electron chi connectivity index (χ3n) is 3.21. The van der Waals surface area contributed by atoms with E-state index in [-0.39, 0.29) is 12.7 Å². The van der Waals surface area contributed by atoms with Crippen molar-refractivity contribution in [2.75, 3.05) is 20.3 Å². The molecule has 2 unspecified atom stereocenters. The SMILES string of the molecule is COC(=O)C12COC(CN1C(=O)OC(C)(C)C)C2. The average molecular weight is 257 g/mol. The second-order valence-corrected chi connectivity index (χ2v) is 5.75. The molecule has 1 amide bonds. The zero-order valence-electron chi connectivity index (χ0n) is 11.2. The Morgan fingerprint density at radius 3 is 2.56 bits per heavy atom. The molecule has 0 aromatic rings. The topological polar surface area (TPSA) is 65.1 Å². The first-order valence-corrected chi connectivity index (χ1v) is 5.99. The van der Waals surface area contributed by atoms with Crippen LogP contribution in [0.15, 0.2) is 0 Å². The molecule has 2 heterocycles. The molecule has 6 heteroatoms. The van der Waals surface area contributed by atoms with Crippen molar-refractivity contribution in [1.82, 2.24) is 4.90 Å². The van der Waals surface area contributed by atoms with Crippen molar-refractivity contribution in [2.45, 2.75) is 44.4 Å². The molecule has 18 heavy (non-hydrogen) atoms. The summed E-state index contributed by atoms with van der Waals surface area (Å²) >= 11 is 0.